The number of nitrogens with zero attached hydrogens (tertiary/aromatic N) is 2. The second-order valence-corrected chi connectivity index (χ2v) is 7.16. The van der Waals surface area contributed by atoms with E-state index in [0.29, 0.717) is 21.6 Å². The van der Waals surface area contributed by atoms with Crippen LogP contribution in [-0.2, 0) is 4.74 Å². The number of ether oxygens (including phenoxy) is 1. The third-order valence-corrected chi connectivity index (χ3v) is 4.82. The van der Waals surface area contributed by atoms with Gasteiger partial charge >= 0.3 is 5.97 Å². The highest BCUT2D eigenvalue weighted by molar-refractivity contribution is 7.16. The van der Waals surface area contributed by atoms with E-state index in [0.717, 1.165) is 10.9 Å². The average molecular weight is 357 g/mol. The Hall–Kier alpha value is -2.67. The predicted octanol–water partition coefficient (Wildman–Crippen LogP) is 4.03. The average Bonchev–Trinajstić information content (AvgIpc) is 3.16. The van der Waals surface area contributed by atoms with E-state index >= 15 is 0 Å². The molecule has 0 aliphatic heterocycles. The largest absolute Gasteiger partial charge is 0.464 e. The lowest BCUT2D eigenvalue weighted by atomic mass is 10.1. The van der Waals surface area contributed by atoms with Crippen molar-refractivity contribution in [2.45, 2.75) is 26.8 Å². The molecule has 2 heterocycles. The van der Waals surface area contributed by atoms with E-state index in [9.17, 15) is 9.59 Å². The number of hydrogen-bond donors (Lipinski definition) is 1. The van der Waals surface area contributed by atoms with Gasteiger partial charge in [-0.25, -0.2) is 9.78 Å². The molecule has 0 fully saturated rings. The van der Waals surface area contributed by atoms with Gasteiger partial charge in [0, 0.05) is 28.2 Å². The minimum atomic E-state index is -0.509. The van der Waals surface area contributed by atoms with Gasteiger partial charge in [-0.1, -0.05) is 6.07 Å². The Balaban J connectivity index is 1.87. The van der Waals surface area contributed by atoms with E-state index in [-0.39, 0.29) is 11.6 Å². The predicted molar refractivity (Wildman–Crippen MR) is 98.5 cm³/mol. The van der Waals surface area contributed by atoms with Crippen LogP contribution in [0.3, 0.4) is 0 Å². The Bertz CT molecular complexity index is 956. The first-order chi connectivity index (χ1) is 11.9. The molecule has 0 aliphatic rings. The molecule has 0 saturated heterocycles. The van der Waals surface area contributed by atoms with Gasteiger partial charge < -0.3 is 9.30 Å². The van der Waals surface area contributed by atoms with Crippen LogP contribution in [0.1, 0.15) is 45.6 Å². The first-order valence-electron chi connectivity index (χ1n) is 7.88. The van der Waals surface area contributed by atoms with Crippen LogP contribution < -0.4 is 5.32 Å². The normalized spacial score (nSPS) is 11.1. The lowest BCUT2D eigenvalue weighted by molar-refractivity contribution is 0.0594. The minimum Gasteiger partial charge on any atom is -0.464 e. The Kier molecular flexibility index (Phi) is 4.59. The standard InChI is InChI=1S/C18H19N3O3S/c1-10(2)21-8-7-12-5-6-13(9-14(12)21)16(22)20-18-19-15(11(3)25-18)17(23)24-4/h5-10H,1-4H3,(H,19,20,22). The van der Waals surface area contributed by atoms with Crippen molar-refractivity contribution >= 4 is 39.2 Å². The maximum atomic E-state index is 12.6. The second-order valence-electron chi connectivity index (χ2n) is 5.96. The van der Waals surface area contributed by atoms with Gasteiger partial charge in [0.1, 0.15) is 0 Å². The molecule has 3 aromatic rings. The summed E-state index contributed by atoms with van der Waals surface area (Å²) in [6, 6.07) is 7.91. The summed E-state index contributed by atoms with van der Waals surface area (Å²) in [5.41, 5.74) is 1.78. The molecule has 0 aliphatic carbocycles. The Morgan fingerprint density at radius 1 is 1.28 bits per heavy atom. The number of hydrogen-bond acceptors (Lipinski definition) is 5. The highest BCUT2D eigenvalue weighted by Crippen LogP contribution is 2.25. The van der Waals surface area contributed by atoms with Gasteiger partial charge in [0.25, 0.3) is 5.91 Å². The number of benzene rings is 1. The molecule has 3 rings (SSSR count). The summed E-state index contributed by atoms with van der Waals surface area (Å²) >= 11 is 1.25. The minimum absolute atomic E-state index is 0.229. The summed E-state index contributed by atoms with van der Waals surface area (Å²) in [4.78, 5) is 29.0. The van der Waals surface area contributed by atoms with Gasteiger partial charge in [-0.3, -0.25) is 10.1 Å². The number of esters is 1. The van der Waals surface area contributed by atoms with E-state index in [1.807, 2.05) is 24.4 Å². The molecule has 7 heteroatoms. The van der Waals surface area contributed by atoms with Gasteiger partial charge in [0.05, 0.1) is 7.11 Å². The lowest BCUT2D eigenvalue weighted by Gasteiger charge is -2.10. The van der Waals surface area contributed by atoms with E-state index in [4.69, 9.17) is 0 Å². The number of aromatic nitrogens is 2. The molecule has 0 atom stereocenters. The Labute approximate surface area is 149 Å². The van der Waals surface area contributed by atoms with Gasteiger partial charge in [-0.05, 0) is 44.4 Å². The highest BCUT2D eigenvalue weighted by atomic mass is 32.1. The zero-order chi connectivity index (χ0) is 18.1. The second kappa shape index (κ2) is 6.68. The van der Waals surface area contributed by atoms with Crippen LogP contribution in [0.5, 0.6) is 0 Å². The molecule has 0 saturated carbocycles. The van der Waals surface area contributed by atoms with Crippen molar-refractivity contribution in [1.82, 2.24) is 9.55 Å². The maximum Gasteiger partial charge on any atom is 0.357 e. The van der Waals surface area contributed by atoms with Gasteiger partial charge in [0.15, 0.2) is 10.8 Å². The van der Waals surface area contributed by atoms with E-state index in [2.05, 4.69) is 33.5 Å². The number of fused-ring (bicyclic) bond motifs is 1. The van der Waals surface area contributed by atoms with Crippen molar-refractivity contribution in [3.8, 4) is 0 Å². The van der Waals surface area contributed by atoms with Gasteiger partial charge in [-0.15, -0.1) is 11.3 Å². The number of rotatable bonds is 4. The molecule has 25 heavy (non-hydrogen) atoms. The molecule has 0 bridgehead atoms. The van der Waals surface area contributed by atoms with Crippen molar-refractivity contribution in [2.24, 2.45) is 0 Å². The first-order valence-corrected chi connectivity index (χ1v) is 8.70. The Morgan fingerprint density at radius 3 is 2.72 bits per heavy atom. The number of anilines is 1. The van der Waals surface area contributed by atoms with Crippen molar-refractivity contribution in [3.05, 3.63) is 46.6 Å². The zero-order valence-corrected chi connectivity index (χ0v) is 15.3. The monoisotopic (exact) mass is 357 g/mol. The SMILES string of the molecule is COC(=O)c1nc(NC(=O)c2ccc3ccn(C(C)C)c3c2)sc1C. The fourth-order valence-electron chi connectivity index (χ4n) is 2.65. The van der Waals surface area contributed by atoms with E-state index < -0.39 is 5.97 Å². The number of carbonyl (C=O) groups excluding carboxylic acids is 2. The van der Waals surface area contributed by atoms with Crippen molar-refractivity contribution < 1.29 is 14.3 Å². The number of amides is 1. The molecular formula is C18H19N3O3S. The van der Waals surface area contributed by atoms with Gasteiger partial charge in [0.2, 0.25) is 0 Å². The molecule has 130 valence electrons. The first kappa shape index (κ1) is 17.2. The summed E-state index contributed by atoms with van der Waals surface area (Å²) in [6.45, 7) is 5.96. The Morgan fingerprint density at radius 2 is 2.04 bits per heavy atom. The fourth-order valence-corrected chi connectivity index (χ4v) is 3.44. The number of thiazole rings is 1. The van der Waals surface area contributed by atoms with Crippen LogP contribution in [0, 0.1) is 6.92 Å². The number of methoxy groups -OCH3 is 1. The van der Waals surface area contributed by atoms with Crippen molar-refractivity contribution in [2.75, 3.05) is 12.4 Å². The number of carbonyl (C=O) groups is 2. The number of aryl methyl sites for hydroxylation is 1. The van der Waals surface area contributed by atoms with Crippen LogP contribution in [0.15, 0.2) is 30.5 Å². The van der Waals surface area contributed by atoms with E-state index in [1.165, 1.54) is 18.4 Å². The maximum absolute atomic E-state index is 12.6. The molecule has 0 radical (unpaired) electrons. The van der Waals surface area contributed by atoms with Crippen LogP contribution >= 0.6 is 11.3 Å². The quantitative estimate of drug-likeness (QED) is 0.716. The number of nitrogens with one attached hydrogen (secondary N) is 1. The molecule has 1 aromatic carbocycles. The summed E-state index contributed by atoms with van der Waals surface area (Å²) in [5.74, 6) is -0.769. The van der Waals surface area contributed by atoms with Gasteiger partial charge in [-0.2, -0.15) is 0 Å². The van der Waals surface area contributed by atoms with Crippen LogP contribution in [0.4, 0.5) is 5.13 Å². The molecular weight excluding hydrogens is 338 g/mol. The van der Waals surface area contributed by atoms with Crippen LogP contribution in [0.25, 0.3) is 10.9 Å². The fraction of sp³-hybridized carbons (Fsp3) is 0.278. The van der Waals surface area contributed by atoms with Crippen LogP contribution in [-0.4, -0.2) is 28.5 Å². The molecule has 6 nitrogen and oxygen atoms in total. The zero-order valence-electron chi connectivity index (χ0n) is 14.5. The third kappa shape index (κ3) is 3.28. The molecule has 1 N–H and O–H groups in total. The van der Waals surface area contributed by atoms with Crippen molar-refractivity contribution in [1.29, 1.82) is 0 Å². The summed E-state index contributed by atoms with van der Waals surface area (Å²) < 4.78 is 6.80. The summed E-state index contributed by atoms with van der Waals surface area (Å²) in [7, 11) is 1.30. The van der Waals surface area contributed by atoms with Crippen molar-refractivity contribution in [3.63, 3.8) is 0 Å². The third-order valence-electron chi connectivity index (χ3n) is 3.94. The molecule has 0 spiro atoms. The molecule has 0 unspecified atom stereocenters. The summed E-state index contributed by atoms with van der Waals surface area (Å²) in [5, 5.41) is 4.22. The smallest absolute Gasteiger partial charge is 0.357 e. The van der Waals surface area contributed by atoms with E-state index in [1.54, 1.807) is 13.0 Å². The topological polar surface area (TPSA) is 73.2 Å². The lowest BCUT2D eigenvalue weighted by Crippen LogP contribution is -2.12. The molecule has 1 amide bonds. The van der Waals surface area contributed by atoms with Crippen LogP contribution in [0.2, 0.25) is 0 Å². The highest BCUT2D eigenvalue weighted by Gasteiger charge is 2.18. The summed E-state index contributed by atoms with van der Waals surface area (Å²) in [6.07, 6.45) is 2.02. The molecule has 2 aromatic heterocycles.